The summed E-state index contributed by atoms with van der Waals surface area (Å²) in [4.78, 5) is 4.51. The SMILES string of the molecule is Cc1csc(C2(N)CCCC2C)n1. The van der Waals surface area contributed by atoms with Crippen LogP contribution >= 0.6 is 11.3 Å². The standard InChI is InChI=1S/C10H16N2S/c1-7-4-3-5-10(7,11)9-12-8(2)6-13-9/h6-7H,3-5,11H2,1-2H3. The minimum atomic E-state index is -0.126. The van der Waals surface area contributed by atoms with Gasteiger partial charge in [0, 0.05) is 11.1 Å². The van der Waals surface area contributed by atoms with E-state index in [0.29, 0.717) is 5.92 Å². The lowest BCUT2D eigenvalue weighted by molar-refractivity contribution is 0.347. The molecular weight excluding hydrogens is 180 g/mol. The lowest BCUT2D eigenvalue weighted by Crippen LogP contribution is -2.38. The van der Waals surface area contributed by atoms with Crippen molar-refractivity contribution in [3.05, 3.63) is 16.1 Å². The van der Waals surface area contributed by atoms with Gasteiger partial charge in [-0.2, -0.15) is 0 Å². The topological polar surface area (TPSA) is 38.9 Å². The maximum absolute atomic E-state index is 6.39. The number of hydrogen-bond acceptors (Lipinski definition) is 3. The largest absolute Gasteiger partial charge is 0.319 e. The Morgan fingerprint density at radius 2 is 2.46 bits per heavy atom. The molecule has 1 aromatic heterocycles. The van der Waals surface area contributed by atoms with Crippen LogP contribution in [-0.4, -0.2) is 4.98 Å². The average Bonchev–Trinajstić information content (AvgIpc) is 2.62. The molecule has 2 N–H and O–H groups in total. The van der Waals surface area contributed by atoms with Gasteiger partial charge in [0.2, 0.25) is 0 Å². The second-order valence-electron chi connectivity index (χ2n) is 4.13. The molecule has 2 atom stereocenters. The highest BCUT2D eigenvalue weighted by Gasteiger charge is 2.40. The molecule has 1 saturated carbocycles. The quantitative estimate of drug-likeness (QED) is 0.749. The Labute approximate surface area is 83.2 Å². The minimum absolute atomic E-state index is 0.126. The molecule has 1 aliphatic carbocycles. The van der Waals surface area contributed by atoms with Crippen LogP contribution in [0.3, 0.4) is 0 Å². The second kappa shape index (κ2) is 3.07. The summed E-state index contributed by atoms with van der Waals surface area (Å²) in [5, 5.41) is 3.23. The number of rotatable bonds is 1. The van der Waals surface area contributed by atoms with Crippen molar-refractivity contribution >= 4 is 11.3 Å². The van der Waals surface area contributed by atoms with Gasteiger partial charge < -0.3 is 5.73 Å². The number of nitrogens with zero attached hydrogens (tertiary/aromatic N) is 1. The van der Waals surface area contributed by atoms with Crippen molar-refractivity contribution in [2.24, 2.45) is 11.7 Å². The Balaban J connectivity index is 2.33. The Morgan fingerprint density at radius 3 is 2.92 bits per heavy atom. The molecule has 1 fully saturated rings. The van der Waals surface area contributed by atoms with Crippen molar-refractivity contribution in [3.63, 3.8) is 0 Å². The fourth-order valence-corrected chi connectivity index (χ4v) is 3.14. The molecule has 1 aromatic rings. The van der Waals surface area contributed by atoms with Gasteiger partial charge in [-0.15, -0.1) is 11.3 Å². The molecule has 0 aliphatic heterocycles. The zero-order chi connectivity index (χ0) is 9.47. The molecule has 0 aromatic carbocycles. The van der Waals surface area contributed by atoms with Gasteiger partial charge >= 0.3 is 0 Å². The summed E-state index contributed by atoms with van der Waals surface area (Å²) in [7, 11) is 0. The highest BCUT2D eigenvalue weighted by molar-refractivity contribution is 7.09. The molecule has 2 rings (SSSR count). The van der Waals surface area contributed by atoms with E-state index in [4.69, 9.17) is 5.73 Å². The molecule has 13 heavy (non-hydrogen) atoms. The van der Waals surface area contributed by atoms with E-state index < -0.39 is 0 Å². The van der Waals surface area contributed by atoms with E-state index in [2.05, 4.69) is 17.3 Å². The van der Waals surface area contributed by atoms with E-state index in [1.807, 2.05) is 6.92 Å². The van der Waals surface area contributed by atoms with Gasteiger partial charge in [-0.25, -0.2) is 4.98 Å². The molecule has 2 nitrogen and oxygen atoms in total. The lowest BCUT2D eigenvalue weighted by Gasteiger charge is -2.26. The summed E-state index contributed by atoms with van der Waals surface area (Å²) in [6.07, 6.45) is 3.59. The third-order valence-corrected chi connectivity index (χ3v) is 4.28. The summed E-state index contributed by atoms with van der Waals surface area (Å²) in [6.45, 7) is 4.27. The third-order valence-electron chi connectivity index (χ3n) is 3.12. The van der Waals surface area contributed by atoms with Crippen molar-refractivity contribution in [3.8, 4) is 0 Å². The number of aryl methyl sites for hydroxylation is 1. The van der Waals surface area contributed by atoms with Crippen LogP contribution in [0.25, 0.3) is 0 Å². The van der Waals surface area contributed by atoms with Gasteiger partial charge in [-0.05, 0) is 25.7 Å². The Hall–Kier alpha value is -0.410. The molecule has 1 heterocycles. The summed E-state index contributed by atoms with van der Waals surface area (Å²) < 4.78 is 0. The van der Waals surface area contributed by atoms with Crippen molar-refractivity contribution in [1.29, 1.82) is 0 Å². The van der Waals surface area contributed by atoms with Gasteiger partial charge in [-0.1, -0.05) is 13.3 Å². The highest BCUT2D eigenvalue weighted by Crippen LogP contribution is 2.42. The fraction of sp³-hybridized carbons (Fsp3) is 0.700. The van der Waals surface area contributed by atoms with Crippen LogP contribution in [0, 0.1) is 12.8 Å². The monoisotopic (exact) mass is 196 g/mol. The van der Waals surface area contributed by atoms with Crippen molar-refractivity contribution in [2.45, 2.75) is 38.6 Å². The van der Waals surface area contributed by atoms with Crippen LogP contribution < -0.4 is 5.73 Å². The maximum Gasteiger partial charge on any atom is 0.113 e. The van der Waals surface area contributed by atoms with Crippen LogP contribution in [-0.2, 0) is 5.54 Å². The number of aromatic nitrogens is 1. The molecule has 0 radical (unpaired) electrons. The van der Waals surface area contributed by atoms with E-state index in [1.54, 1.807) is 11.3 Å². The van der Waals surface area contributed by atoms with E-state index >= 15 is 0 Å². The van der Waals surface area contributed by atoms with Gasteiger partial charge in [0.05, 0.1) is 5.54 Å². The Morgan fingerprint density at radius 1 is 1.69 bits per heavy atom. The van der Waals surface area contributed by atoms with Crippen LogP contribution in [0.2, 0.25) is 0 Å². The molecule has 2 unspecified atom stereocenters. The van der Waals surface area contributed by atoms with Gasteiger partial charge in [-0.3, -0.25) is 0 Å². The van der Waals surface area contributed by atoms with Crippen molar-refractivity contribution in [1.82, 2.24) is 4.98 Å². The molecule has 3 heteroatoms. The van der Waals surface area contributed by atoms with Crippen LogP contribution in [0.15, 0.2) is 5.38 Å². The van der Waals surface area contributed by atoms with Gasteiger partial charge in [0.1, 0.15) is 5.01 Å². The molecule has 0 bridgehead atoms. The average molecular weight is 196 g/mol. The Kier molecular flexibility index (Phi) is 2.16. The molecule has 0 amide bonds. The van der Waals surface area contributed by atoms with Crippen LogP contribution in [0.1, 0.15) is 36.9 Å². The summed E-state index contributed by atoms with van der Waals surface area (Å²) in [5.74, 6) is 0.582. The molecule has 72 valence electrons. The summed E-state index contributed by atoms with van der Waals surface area (Å²) >= 11 is 1.71. The van der Waals surface area contributed by atoms with E-state index in [9.17, 15) is 0 Å². The van der Waals surface area contributed by atoms with E-state index in [0.717, 1.165) is 17.1 Å². The van der Waals surface area contributed by atoms with Crippen molar-refractivity contribution < 1.29 is 0 Å². The first kappa shape index (κ1) is 9.16. The molecule has 1 aliphatic rings. The summed E-state index contributed by atoms with van der Waals surface area (Å²) in [5.41, 5.74) is 7.36. The van der Waals surface area contributed by atoms with Crippen LogP contribution in [0.5, 0.6) is 0 Å². The van der Waals surface area contributed by atoms with E-state index in [1.165, 1.54) is 12.8 Å². The zero-order valence-corrected chi connectivity index (χ0v) is 9.03. The molecular formula is C10H16N2S. The fourth-order valence-electron chi connectivity index (χ4n) is 2.09. The maximum atomic E-state index is 6.39. The first-order valence-electron chi connectivity index (χ1n) is 4.84. The van der Waals surface area contributed by atoms with Gasteiger partial charge in [0.25, 0.3) is 0 Å². The number of thiazole rings is 1. The predicted molar refractivity (Wildman–Crippen MR) is 55.7 cm³/mol. The first-order valence-corrected chi connectivity index (χ1v) is 5.72. The molecule has 0 spiro atoms. The zero-order valence-electron chi connectivity index (χ0n) is 8.21. The second-order valence-corrected chi connectivity index (χ2v) is 4.99. The smallest absolute Gasteiger partial charge is 0.113 e. The first-order chi connectivity index (χ1) is 6.13. The minimum Gasteiger partial charge on any atom is -0.319 e. The highest BCUT2D eigenvalue weighted by atomic mass is 32.1. The van der Waals surface area contributed by atoms with E-state index in [-0.39, 0.29) is 5.54 Å². The Bertz CT molecular complexity index is 308. The third kappa shape index (κ3) is 1.40. The normalized spacial score (nSPS) is 33.9. The van der Waals surface area contributed by atoms with Gasteiger partial charge in [0.15, 0.2) is 0 Å². The number of nitrogens with two attached hydrogens (primary N) is 1. The predicted octanol–water partition coefficient (Wildman–Crippen LogP) is 2.43. The molecule has 0 saturated heterocycles. The number of hydrogen-bond donors (Lipinski definition) is 1. The lowest BCUT2D eigenvalue weighted by atomic mass is 9.90. The van der Waals surface area contributed by atoms with Crippen molar-refractivity contribution in [2.75, 3.05) is 0 Å². The summed E-state index contributed by atoms with van der Waals surface area (Å²) in [6, 6.07) is 0. The van der Waals surface area contributed by atoms with Crippen LogP contribution in [0.4, 0.5) is 0 Å².